The van der Waals surface area contributed by atoms with Crippen LogP contribution in [0.25, 0.3) is 55.7 Å². The molecule has 1 aliphatic rings. The Balaban J connectivity index is 1.18. The fourth-order valence-electron chi connectivity index (χ4n) is 6.52. The van der Waals surface area contributed by atoms with Gasteiger partial charge >= 0.3 is 0 Å². The molecule has 6 heterocycles. The van der Waals surface area contributed by atoms with E-state index < -0.39 is 0 Å². The highest BCUT2D eigenvalue weighted by molar-refractivity contribution is 5.99. The average Bonchev–Trinajstić information content (AvgIpc) is 3.80. The lowest BCUT2D eigenvalue weighted by molar-refractivity contribution is 0.334. The number of hydrogen-bond donors (Lipinski definition) is 2. The molecule has 0 aliphatic carbocycles. The van der Waals surface area contributed by atoms with Crippen LogP contribution in [0.5, 0.6) is 0 Å². The van der Waals surface area contributed by atoms with E-state index in [9.17, 15) is 4.39 Å². The Labute approximate surface area is 262 Å². The lowest BCUT2D eigenvalue weighted by Gasteiger charge is -2.14. The molecule has 1 fully saturated rings. The SMILES string of the molecule is CN(C)CCCc1cncc(-c2cnc3n[nH]c(-c4cc5c(-c6cc(F)cc(CCCN7CCCC7)c6)ccnc5[nH]4)c3c2)c1. The first-order valence-corrected chi connectivity index (χ1v) is 15.9. The summed E-state index contributed by atoms with van der Waals surface area (Å²) in [7, 11) is 4.19. The number of nitrogens with one attached hydrogen (secondary N) is 2. The normalized spacial score (nSPS) is 14.0. The van der Waals surface area contributed by atoms with Crippen molar-refractivity contribution in [2.75, 3.05) is 40.3 Å². The highest BCUT2D eigenvalue weighted by atomic mass is 19.1. The summed E-state index contributed by atoms with van der Waals surface area (Å²) >= 11 is 0. The zero-order valence-corrected chi connectivity index (χ0v) is 26.0. The highest BCUT2D eigenvalue weighted by Crippen LogP contribution is 2.35. The molecule has 1 aliphatic heterocycles. The maximum atomic E-state index is 14.9. The van der Waals surface area contributed by atoms with E-state index in [1.165, 1.54) is 31.5 Å². The smallest absolute Gasteiger partial charge is 0.181 e. The molecule has 0 unspecified atom stereocenters. The third-order valence-electron chi connectivity index (χ3n) is 8.82. The first-order valence-electron chi connectivity index (χ1n) is 15.9. The van der Waals surface area contributed by atoms with E-state index in [1.54, 1.807) is 18.3 Å². The van der Waals surface area contributed by atoms with Crippen LogP contribution in [0.1, 0.15) is 36.8 Å². The lowest BCUT2D eigenvalue weighted by atomic mass is 9.99. The molecule has 0 amide bonds. The largest absolute Gasteiger partial charge is 0.338 e. The third-order valence-corrected chi connectivity index (χ3v) is 8.82. The van der Waals surface area contributed by atoms with Crippen molar-refractivity contribution in [3.05, 3.63) is 84.2 Å². The van der Waals surface area contributed by atoms with Gasteiger partial charge in [-0.05, 0) is 137 Å². The third kappa shape index (κ3) is 6.50. The van der Waals surface area contributed by atoms with Gasteiger partial charge in [0.15, 0.2) is 5.65 Å². The Hall–Kier alpha value is -4.47. The van der Waals surface area contributed by atoms with Crippen molar-refractivity contribution in [2.24, 2.45) is 0 Å². The number of fused-ring (bicyclic) bond motifs is 2. The lowest BCUT2D eigenvalue weighted by Crippen LogP contribution is -2.20. The number of hydrogen-bond acceptors (Lipinski definition) is 6. The van der Waals surface area contributed by atoms with Crippen molar-refractivity contribution < 1.29 is 4.39 Å². The Morgan fingerprint density at radius 1 is 0.844 bits per heavy atom. The predicted octanol–water partition coefficient (Wildman–Crippen LogP) is 6.89. The summed E-state index contributed by atoms with van der Waals surface area (Å²) in [6.45, 7) is 4.48. The van der Waals surface area contributed by atoms with Crippen molar-refractivity contribution >= 4 is 22.1 Å². The van der Waals surface area contributed by atoms with E-state index in [0.717, 1.165) is 94.4 Å². The summed E-state index contributed by atoms with van der Waals surface area (Å²) in [5.41, 5.74) is 9.12. The second-order valence-electron chi connectivity index (χ2n) is 12.5. The van der Waals surface area contributed by atoms with Crippen LogP contribution >= 0.6 is 0 Å². The Morgan fingerprint density at radius 2 is 1.67 bits per heavy atom. The first-order chi connectivity index (χ1) is 22.0. The van der Waals surface area contributed by atoms with Crippen LogP contribution < -0.4 is 0 Å². The van der Waals surface area contributed by atoms with E-state index in [2.05, 4.69) is 78.3 Å². The Bertz CT molecular complexity index is 1930. The number of aromatic nitrogens is 6. The van der Waals surface area contributed by atoms with Gasteiger partial charge in [0.1, 0.15) is 11.5 Å². The molecule has 6 aromatic rings. The maximum absolute atomic E-state index is 14.9. The molecule has 8 nitrogen and oxygen atoms in total. The Morgan fingerprint density at radius 3 is 2.53 bits per heavy atom. The van der Waals surface area contributed by atoms with Crippen molar-refractivity contribution in [2.45, 2.75) is 38.5 Å². The average molecular weight is 603 g/mol. The fraction of sp³-hybridized carbons (Fsp3) is 0.333. The van der Waals surface area contributed by atoms with E-state index in [-0.39, 0.29) is 5.82 Å². The second kappa shape index (κ2) is 12.9. The molecule has 7 rings (SSSR count). The van der Waals surface area contributed by atoms with Gasteiger partial charge in [-0.2, -0.15) is 5.10 Å². The number of halogens is 1. The summed E-state index contributed by atoms with van der Waals surface area (Å²) in [4.78, 5) is 22.0. The number of pyridine rings is 3. The van der Waals surface area contributed by atoms with Crippen LogP contribution in [0.2, 0.25) is 0 Å². The minimum absolute atomic E-state index is 0.209. The molecule has 1 aromatic carbocycles. The summed E-state index contributed by atoms with van der Waals surface area (Å²) in [5.74, 6) is -0.209. The van der Waals surface area contributed by atoms with Crippen molar-refractivity contribution in [3.8, 4) is 33.6 Å². The molecule has 230 valence electrons. The molecule has 0 bridgehead atoms. The van der Waals surface area contributed by atoms with Crippen LogP contribution in [0, 0.1) is 5.82 Å². The van der Waals surface area contributed by atoms with Gasteiger partial charge in [0.2, 0.25) is 0 Å². The minimum Gasteiger partial charge on any atom is -0.338 e. The predicted molar refractivity (Wildman–Crippen MR) is 178 cm³/mol. The molecule has 2 N–H and O–H groups in total. The molecule has 5 aromatic heterocycles. The number of aryl methyl sites for hydroxylation is 2. The number of rotatable bonds is 11. The first kappa shape index (κ1) is 29.3. The molecule has 45 heavy (non-hydrogen) atoms. The van der Waals surface area contributed by atoms with Crippen LogP contribution in [0.4, 0.5) is 4.39 Å². The minimum atomic E-state index is -0.209. The summed E-state index contributed by atoms with van der Waals surface area (Å²) < 4.78 is 14.9. The van der Waals surface area contributed by atoms with Gasteiger partial charge in [-0.3, -0.25) is 10.1 Å². The standard InChI is InChI=1S/C36H39FN8/c1-44(2)11-5-8-25-16-27(22-38-21-25)28-19-32-34(42-43-36(32)40-23-28)33-20-31-30(9-10-39-35(31)41-33)26-15-24(17-29(37)18-26)7-6-14-45-12-3-4-13-45/h9-10,15-23H,3-8,11-14H2,1-2H3,(H,39,41)(H,40,42,43). The number of nitrogens with zero attached hydrogens (tertiary/aromatic N) is 6. The van der Waals surface area contributed by atoms with E-state index in [4.69, 9.17) is 0 Å². The summed E-state index contributed by atoms with van der Waals surface area (Å²) in [6.07, 6.45) is 14.0. The molecule has 1 saturated heterocycles. The fourth-order valence-corrected chi connectivity index (χ4v) is 6.52. The van der Waals surface area contributed by atoms with Crippen LogP contribution in [0.3, 0.4) is 0 Å². The Kier molecular flexibility index (Phi) is 8.37. The van der Waals surface area contributed by atoms with Gasteiger partial charge in [-0.1, -0.05) is 6.07 Å². The monoisotopic (exact) mass is 602 g/mol. The zero-order valence-electron chi connectivity index (χ0n) is 26.0. The molecule has 0 saturated carbocycles. The maximum Gasteiger partial charge on any atom is 0.181 e. The zero-order chi connectivity index (χ0) is 30.8. The van der Waals surface area contributed by atoms with Crippen molar-refractivity contribution in [1.82, 2.24) is 39.9 Å². The summed E-state index contributed by atoms with van der Waals surface area (Å²) in [5, 5.41) is 9.51. The topological polar surface area (TPSA) is 89.6 Å². The van der Waals surface area contributed by atoms with E-state index in [0.29, 0.717) is 5.65 Å². The van der Waals surface area contributed by atoms with Crippen LogP contribution in [-0.2, 0) is 12.8 Å². The van der Waals surface area contributed by atoms with Gasteiger partial charge in [0.25, 0.3) is 0 Å². The molecule has 0 spiro atoms. The van der Waals surface area contributed by atoms with Crippen LogP contribution in [-0.4, -0.2) is 80.2 Å². The number of benzene rings is 1. The van der Waals surface area contributed by atoms with E-state index in [1.807, 2.05) is 24.7 Å². The molecule has 0 radical (unpaired) electrons. The molecule has 0 atom stereocenters. The highest BCUT2D eigenvalue weighted by Gasteiger charge is 2.17. The second-order valence-corrected chi connectivity index (χ2v) is 12.5. The van der Waals surface area contributed by atoms with Gasteiger partial charge in [-0.15, -0.1) is 0 Å². The van der Waals surface area contributed by atoms with E-state index >= 15 is 0 Å². The molecular formula is C36H39FN8. The van der Waals surface area contributed by atoms with Crippen LogP contribution in [0.15, 0.2) is 67.3 Å². The number of aromatic amines is 2. The quantitative estimate of drug-likeness (QED) is 0.168. The van der Waals surface area contributed by atoms with Gasteiger partial charge in [0, 0.05) is 46.7 Å². The number of H-pyrrole nitrogens is 2. The number of likely N-dealkylation sites (tertiary alicyclic amines) is 1. The van der Waals surface area contributed by atoms with Crippen molar-refractivity contribution in [3.63, 3.8) is 0 Å². The van der Waals surface area contributed by atoms with Gasteiger partial charge in [-0.25, -0.2) is 14.4 Å². The molecule has 9 heteroatoms. The van der Waals surface area contributed by atoms with Crippen molar-refractivity contribution in [1.29, 1.82) is 0 Å². The summed E-state index contributed by atoms with van der Waals surface area (Å²) in [6, 6.07) is 13.8. The van der Waals surface area contributed by atoms with Gasteiger partial charge < -0.3 is 14.8 Å². The molecular weight excluding hydrogens is 563 g/mol. The van der Waals surface area contributed by atoms with Gasteiger partial charge in [0.05, 0.1) is 11.4 Å².